The topological polar surface area (TPSA) is 179 Å². The Morgan fingerprint density at radius 1 is 1.08 bits per heavy atom. The fourth-order valence-corrected chi connectivity index (χ4v) is 8.29. The Kier molecular flexibility index (Phi) is 12.6. The summed E-state index contributed by atoms with van der Waals surface area (Å²) in [6, 6.07) is 9.10. The lowest BCUT2D eigenvalue weighted by molar-refractivity contribution is -0.140. The molecule has 0 bridgehead atoms. The lowest BCUT2D eigenvalue weighted by atomic mass is 9.90. The second-order valence-corrected chi connectivity index (χ2v) is 15.5. The molecule has 2 unspecified atom stereocenters. The van der Waals surface area contributed by atoms with E-state index in [2.05, 4.69) is 25.9 Å². The van der Waals surface area contributed by atoms with Crippen LogP contribution in [0.1, 0.15) is 86.0 Å². The minimum absolute atomic E-state index is 0.0361. The first-order valence-electron chi connectivity index (χ1n) is 20.0. The van der Waals surface area contributed by atoms with E-state index >= 15 is 13.2 Å². The van der Waals surface area contributed by atoms with E-state index in [9.17, 15) is 24.3 Å². The number of halogens is 3. The lowest BCUT2D eigenvalue weighted by Gasteiger charge is -2.35. The van der Waals surface area contributed by atoms with Gasteiger partial charge in [-0.1, -0.05) is 25.0 Å². The molecule has 15 nitrogen and oxygen atoms in total. The number of ether oxygens (including phenoxy) is 2. The summed E-state index contributed by atoms with van der Waals surface area (Å²) in [5.74, 6) is -6.59. The zero-order valence-corrected chi connectivity index (χ0v) is 33.0. The van der Waals surface area contributed by atoms with E-state index in [4.69, 9.17) is 9.47 Å². The average Bonchev–Trinajstić information content (AvgIpc) is 3.74. The Morgan fingerprint density at radius 2 is 1.85 bits per heavy atom. The number of hydrogen-bond donors (Lipinski definition) is 4. The molecule has 3 fully saturated rings. The number of imide groups is 1. The number of piperidine rings is 2. The maximum absolute atomic E-state index is 15.6. The van der Waals surface area contributed by atoms with Gasteiger partial charge >= 0.3 is 5.92 Å². The highest BCUT2D eigenvalue weighted by molar-refractivity contribution is 6.02. The molecule has 3 aliphatic heterocycles. The van der Waals surface area contributed by atoms with Crippen molar-refractivity contribution < 1.29 is 46.9 Å². The van der Waals surface area contributed by atoms with Gasteiger partial charge in [0.25, 0.3) is 11.8 Å². The van der Waals surface area contributed by atoms with E-state index in [-0.39, 0.29) is 58.4 Å². The normalized spacial score (nSPS) is 20.8. The number of methoxy groups -OCH3 is 1. The zero-order chi connectivity index (χ0) is 41.8. The molecule has 59 heavy (non-hydrogen) atoms. The highest BCUT2D eigenvalue weighted by Gasteiger charge is 2.49. The fraction of sp³-hybridized carbons (Fsp3) is 0.512. The van der Waals surface area contributed by atoms with Gasteiger partial charge in [-0.2, -0.15) is 13.8 Å². The zero-order valence-electron chi connectivity index (χ0n) is 33.0. The molecular formula is C41H49F3N8O7. The van der Waals surface area contributed by atoms with Crippen molar-refractivity contribution >= 4 is 46.8 Å². The number of fused-ring (bicyclic) bond motifs is 1. The number of amides is 4. The third-order valence-electron chi connectivity index (χ3n) is 11.6. The maximum atomic E-state index is 15.6. The highest BCUT2D eigenvalue weighted by atomic mass is 19.3. The number of hydrogen-bond acceptors (Lipinski definition) is 12. The number of carbonyl (C=O) groups excluding carboxylic acids is 4. The van der Waals surface area contributed by atoms with Crippen LogP contribution in [0.15, 0.2) is 42.6 Å². The van der Waals surface area contributed by atoms with Crippen LogP contribution in [-0.4, -0.2) is 108 Å². The number of rotatable bonds is 13. The van der Waals surface area contributed by atoms with Gasteiger partial charge in [-0.25, -0.2) is 9.37 Å². The quantitative estimate of drug-likeness (QED) is 0.139. The number of likely N-dealkylation sites (tertiary alicyclic amines) is 1. The van der Waals surface area contributed by atoms with Crippen molar-refractivity contribution in [3.8, 4) is 11.5 Å². The van der Waals surface area contributed by atoms with E-state index < -0.39 is 42.2 Å². The molecule has 316 valence electrons. The first-order chi connectivity index (χ1) is 28.3. The molecule has 1 saturated carbocycles. The van der Waals surface area contributed by atoms with Crippen molar-refractivity contribution in [1.82, 2.24) is 25.5 Å². The van der Waals surface area contributed by atoms with Crippen LogP contribution in [-0.2, 0) is 14.4 Å². The molecule has 0 spiro atoms. The van der Waals surface area contributed by atoms with E-state index in [0.717, 1.165) is 29.4 Å². The average molecular weight is 823 g/mol. The first kappa shape index (κ1) is 41.7. The monoisotopic (exact) mass is 822 g/mol. The van der Waals surface area contributed by atoms with Crippen molar-refractivity contribution in [1.29, 1.82) is 0 Å². The molecule has 7 rings (SSSR count). The Balaban J connectivity index is 0.911. The standard InChI is InChI=1S/C41H49F3N8O7/c1-50-32-22-45-40(49-36(32)52(26-8-3-4-9-26)23-41(43,44)39(50)57)47-31-21-30(42)29(20-33(31)58-2)38(56)46-25-14-16-51(17-15-25)35(54)11-6-18-59-27-10-5-7-24(19-27)28-12-13-34(53)48-37(28)55/h5,7,10,19-22,25-26,28,35,54H,3-4,6,8-9,11-18,23H2,1-2H3,(H,46,56)(H,45,47,49)(H,48,53,55). The van der Waals surface area contributed by atoms with E-state index in [1.54, 1.807) is 12.1 Å². The molecule has 3 aromatic rings. The van der Waals surface area contributed by atoms with Crippen molar-refractivity contribution in [2.75, 3.05) is 55.5 Å². The van der Waals surface area contributed by atoms with Crippen molar-refractivity contribution in [2.45, 2.75) is 94.4 Å². The summed E-state index contributed by atoms with van der Waals surface area (Å²) in [5, 5.41) is 19.0. The minimum Gasteiger partial charge on any atom is -0.495 e. The van der Waals surface area contributed by atoms with Crippen molar-refractivity contribution in [3.05, 3.63) is 59.5 Å². The van der Waals surface area contributed by atoms with E-state index in [0.29, 0.717) is 76.8 Å². The number of aliphatic hydroxyl groups is 1. The van der Waals surface area contributed by atoms with Crippen molar-refractivity contribution in [3.63, 3.8) is 0 Å². The number of nitrogens with one attached hydrogen (secondary N) is 3. The van der Waals surface area contributed by atoms with Crippen LogP contribution in [0.25, 0.3) is 0 Å². The van der Waals surface area contributed by atoms with Gasteiger partial charge in [0.15, 0.2) is 5.82 Å². The highest BCUT2D eigenvalue weighted by Crippen LogP contribution is 2.40. The molecule has 4 amide bonds. The number of carbonyl (C=O) groups is 4. The molecule has 2 atom stereocenters. The predicted octanol–water partition coefficient (Wildman–Crippen LogP) is 4.62. The predicted molar refractivity (Wildman–Crippen MR) is 211 cm³/mol. The molecule has 4 aliphatic rings. The van der Waals surface area contributed by atoms with Gasteiger partial charge in [0.05, 0.1) is 43.6 Å². The largest absolute Gasteiger partial charge is 0.495 e. The summed E-state index contributed by atoms with van der Waals surface area (Å²) in [4.78, 5) is 62.8. The summed E-state index contributed by atoms with van der Waals surface area (Å²) in [6.45, 7) is 0.549. The molecule has 2 saturated heterocycles. The summed E-state index contributed by atoms with van der Waals surface area (Å²) in [6.07, 6.45) is 6.49. The van der Waals surface area contributed by atoms with Gasteiger partial charge < -0.3 is 35.0 Å². The number of benzene rings is 2. The van der Waals surface area contributed by atoms with Crippen LogP contribution in [0.4, 0.5) is 36.3 Å². The van der Waals surface area contributed by atoms with Crippen LogP contribution in [0.3, 0.4) is 0 Å². The molecule has 1 aromatic heterocycles. The van der Waals surface area contributed by atoms with Crippen LogP contribution in [0.2, 0.25) is 0 Å². The van der Waals surface area contributed by atoms with Crippen LogP contribution < -0.4 is 35.2 Å². The van der Waals surface area contributed by atoms with E-state index in [1.807, 2.05) is 17.0 Å². The van der Waals surface area contributed by atoms with Crippen molar-refractivity contribution in [2.24, 2.45) is 0 Å². The van der Waals surface area contributed by atoms with E-state index in [1.165, 1.54) is 31.3 Å². The minimum atomic E-state index is -3.64. The Bertz CT molecular complexity index is 2060. The number of aromatic nitrogens is 2. The number of alkyl halides is 2. The maximum Gasteiger partial charge on any atom is 0.342 e. The molecule has 1 aliphatic carbocycles. The fourth-order valence-electron chi connectivity index (χ4n) is 8.29. The Hall–Kier alpha value is -5.49. The smallest absolute Gasteiger partial charge is 0.342 e. The number of nitrogens with zero attached hydrogens (tertiary/aromatic N) is 5. The second kappa shape index (κ2) is 17.8. The summed E-state index contributed by atoms with van der Waals surface area (Å²) < 4.78 is 57.0. The Labute approximate surface area is 339 Å². The third kappa shape index (κ3) is 9.38. The molecule has 18 heteroatoms. The van der Waals surface area contributed by atoms with Gasteiger partial charge in [-0.3, -0.25) is 29.4 Å². The summed E-state index contributed by atoms with van der Waals surface area (Å²) in [7, 11) is 2.62. The van der Waals surface area contributed by atoms with Crippen LogP contribution in [0.5, 0.6) is 11.5 Å². The number of anilines is 4. The SMILES string of the molecule is COc1cc(C(=O)NC2CCN(C(O)CCCOc3cccc(C4CCC(=O)NC4=O)c3)CC2)c(F)cc1Nc1ncc2c(n1)N(C1CCCC1)CC(F)(F)C(=O)N2C. The number of aliphatic hydroxyl groups excluding tert-OH is 1. The third-order valence-corrected chi connectivity index (χ3v) is 11.6. The summed E-state index contributed by atoms with van der Waals surface area (Å²) in [5.41, 5.74) is 0.777. The molecule has 0 radical (unpaired) electrons. The van der Waals surface area contributed by atoms with Gasteiger partial charge in [-0.05, 0) is 68.7 Å². The van der Waals surface area contributed by atoms with Gasteiger partial charge in [0.2, 0.25) is 17.8 Å². The second-order valence-electron chi connectivity index (χ2n) is 15.5. The molecule has 4 N–H and O–H groups in total. The lowest BCUT2D eigenvalue weighted by Crippen LogP contribution is -2.48. The summed E-state index contributed by atoms with van der Waals surface area (Å²) >= 11 is 0. The Morgan fingerprint density at radius 3 is 2.58 bits per heavy atom. The van der Waals surface area contributed by atoms with Gasteiger partial charge in [-0.15, -0.1) is 0 Å². The van der Waals surface area contributed by atoms with Gasteiger partial charge in [0, 0.05) is 44.7 Å². The molecular weight excluding hydrogens is 773 g/mol. The van der Waals surface area contributed by atoms with Crippen LogP contribution >= 0.6 is 0 Å². The molecule has 4 heterocycles. The molecule has 2 aromatic carbocycles. The van der Waals surface area contributed by atoms with Gasteiger partial charge in [0.1, 0.15) is 29.2 Å². The van der Waals surface area contributed by atoms with Crippen LogP contribution in [0, 0.1) is 5.82 Å². The first-order valence-corrected chi connectivity index (χ1v) is 20.0.